The Morgan fingerprint density at radius 3 is 2.38 bits per heavy atom. The Morgan fingerprint density at radius 2 is 1.81 bits per heavy atom. The van der Waals surface area contributed by atoms with Crippen LogP contribution in [0.25, 0.3) is 0 Å². The van der Waals surface area contributed by atoms with Crippen molar-refractivity contribution < 1.29 is 9.59 Å². The monoisotopic (exact) mass is 297 g/mol. The van der Waals surface area contributed by atoms with Gasteiger partial charge < -0.3 is 15.5 Å². The van der Waals surface area contributed by atoms with E-state index in [1.165, 1.54) is 24.2 Å². The zero-order valence-corrected chi connectivity index (χ0v) is 13.8. The van der Waals surface area contributed by atoms with Crippen LogP contribution in [0.4, 0.5) is 0 Å². The number of rotatable bonds is 7. The van der Waals surface area contributed by atoms with Crippen molar-refractivity contribution in [1.82, 2.24) is 9.80 Å². The Bertz CT molecular complexity index is 340. The lowest BCUT2D eigenvalue weighted by atomic mass is 9.94. The van der Waals surface area contributed by atoms with Crippen molar-refractivity contribution in [3.8, 4) is 0 Å². The van der Waals surface area contributed by atoms with E-state index in [0.717, 1.165) is 25.7 Å². The Labute approximate surface area is 128 Å². The van der Waals surface area contributed by atoms with Gasteiger partial charge in [0.25, 0.3) is 0 Å². The van der Waals surface area contributed by atoms with Crippen LogP contribution >= 0.6 is 0 Å². The number of carbonyl (C=O) groups is 2. The third-order valence-electron chi connectivity index (χ3n) is 4.45. The van der Waals surface area contributed by atoms with E-state index in [1.54, 1.807) is 7.05 Å². The summed E-state index contributed by atoms with van der Waals surface area (Å²) in [5, 5.41) is 0. The van der Waals surface area contributed by atoms with Gasteiger partial charge in [0.2, 0.25) is 11.8 Å². The molecular formula is C16H31N3O2. The van der Waals surface area contributed by atoms with Crippen LogP contribution in [0.1, 0.15) is 58.3 Å². The maximum atomic E-state index is 12.3. The largest absolute Gasteiger partial charge is 0.341 e. The third kappa shape index (κ3) is 5.65. The Kier molecular flexibility index (Phi) is 7.72. The van der Waals surface area contributed by atoms with Crippen LogP contribution in [0.2, 0.25) is 0 Å². The van der Waals surface area contributed by atoms with Gasteiger partial charge in [-0.3, -0.25) is 9.59 Å². The number of nitrogens with zero attached hydrogens (tertiary/aromatic N) is 2. The maximum absolute atomic E-state index is 12.3. The van der Waals surface area contributed by atoms with Gasteiger partial charge in [-0.25, -0.2) is 0 Å². The van der Waals surface area contributed by atoms with Gasteiger partial charge in [0.1, 0.15) is 0 Å². The zero-order valence-electron chi connectivity index (χ0n) is 13.8. The van der Waals surface area contributed by atoms with Crippen molar-refractivity contribution in [1.29, 1.82) is 0 Å². The second kappa shape index (κ2) is 9.03. The molecule has 1 fully saturated rings. The molecule has 2 amide bonds. The minimum Gasteiger partial charge on any atom is -0.341 e. The molecule has 1 rings (SSSR count). The van der Waals surface area contributed by atoms with Crippen molar-refractivity contribution in [2.45, 2.75) is 70.4 Å². The molecule has 0 spiro atoms. The highest BCUT2D eigenvalue weighted by molar-refractivity contribution is 5.87. The van der Waals surface area contributed by atoms with Crippen molar-refractivity contribution in [2.24, 2.45) is 5.73 Å². The second-order valence-corrected chi connectivity index (χ2v) is 6.24. The summed E-state index contributed by atoms with van der Waals surface area (Å²) in [7, 11) is 3.52. The van der Waals surface area contributed by atoms with Crippen LogP contribution in [0, 0.1) is 0 Å². The van der Waals surface area contributed by atoms with Gasteiger partial charge in [-0.05, 0) is 19.3 Å². The molecule has 0 heterocycles. The van der Waals surface area contributed by atoms with Crippen LogP contribution in [-0.2, 0) is 9.59 Å². The summed E-state index contributed by atoms with van der Waals surface area (Å²) in [6, 6.07) is -0.147. The van der Waals surface area contributed by atoms with Crippen LogP contribution in [0.15, 0.2) is 0 Å². The topological polar surface area (TPSA) is 66.6 Å². The molecule has 1 aliphatic rings. The molecule has 0 radical (unpaired) electrons. The van der Waals surface area contributed by atoms with Crippen LogP contribution in [0.3, 0.4) is 0 Å². The number of hydrogen-bond donors (Lipinski definition) is 1. The van der Waals surface area contributed by atoms with Gasteiger partial charge in [0.15, 0.2) is 0 Å². The van der Waals surface area contributed by atoms with E-state index in [0.29, 0.717) is 12.5 Å². The predicted molar refractivity (Wildman–Crippen MR) is 84.8 cm³/mol. The number of nitrogens with two attached hydrogens (primary N) is 1. The van der Waals surface area contributed by atoms with Crippen molar-refractivity contribution in [2.75, 3.05) is 20.6 Å². The Hall–Kier alpha value is -1.10. The SMILES string of the molecule is CCCCC(N)C(=O)N(C)CC(=O)N(C)C1CCCCC1. The lowest BCUT2D eigenvalue weighted by Gasteiger charge is -2.32. The molecule has 0 aromatic rings. The number of likely N-dealkylation sites (N-methyl/N-ethyl adjacent to an activating group) is 2. The van der Waals surface area contributed by atoms with Gasteiger partial charge in [0, 0.05) is 20.1 Å². The lowest BCUT2D eigenvalue weighted by molar-refractivity contribution is -0.140. The average molecular weight is 297 g/mol. The highest BCUT2D eigenvalue weighted by Crippen LogP contribution is 2.21. The van der Waals surface area contributed by atoms with Gasteiger partial charge in [0.05, 0.1) is 12.6 Å². The molecule has 0 aromatic carbocycles. The first-order valence-corrected chi connectivity index (χ1v) is 8.23. The average Bonchev–Trinajstić information content (AvgIpc) is 2.51. The summed E-state index contributed by atoms with van der Waals surface area (Å²) in [4.78, 5) is 27.7. The molecule has 1 atom stereocenters. The molecule has 0 bridgehead atoms. The summed E-state index contributed by atoms with van der Waals surface area (Å²) in [5.41, 5.74) is 5.88. The van der Waals surface area contributed by atoms with E-state index in [9.17, 15) is 9.59 Å². The highest BCUT2D eigenvalue weighted by Gasteiger charge is 2.25. The van der Waals surface area contributed by atoms with E-state index in [2.05, 4.69) is 6.92 Å². The molecule has 1 aliphatic carbocycles. The standard InChI is InChI=1S/C16H31N3O2/c1-4-5-11-14(17)16(21)18(2)12-15(20)19(3)13-9-7-6-8-10-13/h13-14H,4-12,17H2,1-3H3. The summed E-state index contributed by atoms with van der Waals surface area (Å²) < 4.78 is 0. The first-order chi connectivity index (χ1) is 9.97. The summed E-state index contributed by atoms with van der Waals surface area (Å²) in [6.45, 7) is 2.20. The lowest BCUT2D eigenvalue weighted by Crippen LogP contribution is -2.48. The van der Waals surface area contributed by atoms with E-state index < -0.39 is 6.04 Å². The molecule has 0 aromatic heterocycles. The van der Waals surface area contributed by atoms with Gasteiger partial charge in [-0.1, -0.05) is 39.0 Å². The summed E-state index contributed by atoms with van der Waals surface area (Å²) in [5.74, 6) is -0.116. The second-order valence-electron chi connectivity index (χ2n) is 6.24. The fourth-order valence-electron chi connectivity index (χ4n) is 2.89. The minimum atomic E-state index is -0.484. The Morgan fingerprint density at radius 1 is 1.19 bits per heavy atom. The van der Waals surface area contributed by atoms with Gasteiger partial charge in [-0.15, -0.1) is 0 Å². The fourth-order valence-corrected chi connectivity index (χ4v) is 2.89. The smallest absolute Gasteiger partial charge is 0.242 e. The normalized spacial score (nSPS) is 17.3. The molecule has 5 nitrogen and oxygen atoms in total. The number of unbranched alkanes of at least 4 members (excludes halogenated alkanes) is 1. The molecule has 0 saturated heterocycles. The predicted octanol–water partition coefficient (Wildman–Crippen LogP) is 1.75. The fraction of sp³-hybridized carbons (Fsp3) is 0.875. The highest BCUT2D eigenvalue weighted by atomic mass is 16.2. The van der Waals surface area contributed by atoms with Crippen LogP contribution in [-0.4, -0.2) is 54.3 Å². The van der Waals surface area contributed by atoms with Crippen LogP contribution in [0.5, 0.6) is 0 Å². The minimum absolute atomic E-state index is 0.0143. The third-order valence-corrected chi connectivity index (χ3v) is 4.45. The van der Waals surface area contributed by atoms with Crippen molar-refractivity contribution in [3.63, 3.8) is 0 Å². The molecule has 1 saturated carbocycles. The van der Waals surface area contributed by atoms with Crippen molar-refractivity contribution in [3.05, 3.63) is 0 Å². The van der Waals surface area contributed by atoms with E-state index >= 15 is 0 Å². The first kappa shape index (κ1) is 18.0. The molecule has 2 N–H and O–H groups in total. The molecular weight excluding hydrogens is 266 g/mol. The van der Waals surface area contributed by atoms with Crippen molar-refractivity contribution >= 4 is 11.8 Å². The molecule has 1 unspecified atom stereocenters. The first-order valence-electron chi connectivity index (χ1n) is 8.23. The molecule has 5 heteroatoms. The van der Waals surface area contributed by atoms with Gasteiger partial charge >= 0.3 is 0 Å². The van der Waals surface area contributed by atoms with E-state index in [1.807, 2.05) is 11.9 Å². The summed E-state index contributed by atoms with van der Waals surface area (Å²) in [6.07, 6.45) is 8.46. The number of carbonyl (C=O) groups excluding carboxylic acids is 2. The van der Waals surface area contributed by atoms with E-state index in [-0.39, 0.29) is 18.4 Å². The van der Waals surface area contributed by atoms with E-state index in [4.69, 9.17) is 5.73 Å². The zero-order chi connectivity index (χ0) is 15.8. The molecule has 0 aliphatic heterocycles. The van der Waals surface area contributed by atoms with Gasteiger partial charge in [-0.2, -0.15) is 0 Å². The number of amides is 2. The number of hydrogen-bond acceptors (Lipinski definition) is 3. The molecule has 122 valence electrons. The maximum Gasteiger partial charge on any atom is 0.242 e. The summed E-state index contributed by atoms with van der Waals surface area (Å²) >= 11 is 0. The molecule has 21 heavy (non-hydrogen) atoms. The van der Waals surface area contributed by atoms with Crippen LogP contribution < -0.4 is 5.73 Å². The quantitative estimate of drug-likeness (QED) is 0.778. The Balaban J connectivity index is 2.43.